The van der Waals surface area contributed by atoms with E-state index >= 15 is 0 Å². The largest absolute Gasteiger partial charge is 0.493 e. The summed E-state index contributed by atoms with van der Waals surface area (Å²) in [5.41, 5.74) is 1.60. The van der Waals surface area contributed by atoms with Crippen LogP contribution in [-0.4, -0.2) is 46.9 Å². The Balaban J connectivity index is 2.23. The van der Waals surface area contributed by atoms with Crippen LogP contribution in [0.4, 0.5) is 5.69 Å². The highest BCUT2D eigenvalue weighted by molar-refractivity contribution is 7.89. The van der Waals surface area contributed by atoms with E-state index in [-0.39, 0.29) is 4.90 Å². The third kappa shape index (κ3) is 5.29. The molecule has 0 aliphatic rings. The lowest BCUT2D eigenvalue weighted by molar-refractivity contribution is -0.111. The summed E-state index contributed by atoms with van der Waals surface area (Å²) in [6.07, 6.45) is 2.88. The molecule has 0 radical (unpaired) electrons. The fourth-order valence-electron chi connectivity index (χ4n) is 2.54. The van der Waals surface area contributed by atoms with Crippen LogP contribution in [-0.2, 0) is 14.8 Å². The second-order valence-electron chi connectivity index (χ2n) is 6.33. The van der Waals surface area contributed by atoms with Crippen LogP contribution < -0.4 is 14.8 Å². The molecule has 7 nitrogen and oxygen atoms in total. The van der Waals surface area contributed by atoms with Gasteiger partial charge in [0.05, 0.1) is 24.1 Å². The molecular weight excluding hydrogens is 416 g/mol. The van der Waals surface area contributed by atoms with Crippen LogP contribution >= 0.6 is 11.6 Å². The van der Waals surface area contributed by atoms with E-state index in [1.165, 1.54) is 40.5 Å². The fourth-order valence-corrected chi connectivity index (χ4v) is 3.98. The van der Waals surface area contributed by atoms with Crippen molar-refractivity contribution < 1.29 is 22.7 Å². The zero-order chi connectivity index (χ0) is 21.8. The number of carbonyl (C=O) groups is 1. The van der Waals surface area contributed by atoms with Gasteiger partial charge in [0, 0.05) is 25.9 Å². The number of carbonyl (C=O) groups excluding carboxylic acids is 1. The average Bonchev–Trinajstić information content (AvgIpc) is 2.67. The van der Waals surface area contributed by atoms with Crippen LogP contribution in [0.3, 0.4) is 0 Å². The summed E-state index contributed by atoms with van der Waals surface area (Å²) in [6.45, 7) is 1.70. The Kier molecular flexibility index (Phi) is 7.29. The molecule has 1 amide bonds. The molecule has 0 unspecified atom stereocenters. The molecule has 2 aromatic rings. The number of nitrogens with zero attached hydrogens (tertiary/aromatic N) is 1. The van der Waals surface area contributed by atoms with E-state index in [1.54, 1.807) is 37.3 Å². The molecule has 0 saturated heterocycles. The molecule has 0 saturated carbocycles. The van der Waals surface area contributed by atoms with Crippen LogP contribution in [0.5, 0.6) is 11.5 Å². The molecule has 2 rings (SSSR count). The Morgan fingerprint density at radius 3 is 2.41 bits per heavy atom. The van der Waals surface area contributed by atoms with Gasteiger partial charge in [0.2, 0.25) is 15.9 Å². The highest BCUT2D eigenvalue weighted by Crippen LogP contribution is 2.36. The van der Waals surface area contributed by atoms with Crippen molar-refractivity contribution in [1.29, 1.82) is 0 Å². The molecule has 29 heavy (non-hydrogen) atoms. The van der Waals surface area contributed by atoms with Gasteiger partial charge in [-0.25, -0.2) is 12.7 Å². The third-order valence-corrected chi connectivity index (χ3v) is 6.34. The van der Waals surface area contributed by atoms with Gasteiger partial charge in [-0.3, -0.25) is 4.79 Å². The molecule has 9 heteroatoms. The zero-order valence-electron chi connectivity index (χ0n) is 16.8. The molecule has 0 aromatic heterocycles. The monoisotopic (exact) mass is 438 g/mol. The summed E-state index contributed by atoms with van der Waals surface area (Å²) in [5, 5.41) is 3.01. The third-order valence-electron chi connectivity index (χ3n) is 4.10. The molecule has 156 valence electrons. The van der Waals surface area contributed by atoms with Crippen LogP contribution in [0.15, 0.2) is 41.3 Å². The van der Waals surface area contributed by atoms with Gasteiger partial charge in [-0.1, -0.05) is 17.7 Å². The number of hydrogen-bond acceptors (Lipinski definition) is 5. The Morgan fingerprint density at radius 1 is 1.14 bits per heavy atom. The Labute approximate surface area is 175 Å². The molecule has 0 fully saturated rings. The van der Waals surface area contributed by atoms with Crippen molar-refractivity contribution in [1.82, 2.24) is 4.31 Å². The first-order chi connectivity index (χ1) is 13.6. The van der Waals surface area contributed by atoms with Crippen molar-refractivity contribution in [3.05, 3.63) is 52.6 Å². The second kappa shape index (κ2) is 9.30. The summed E-state index contributed by atoms with van der Waals surface area (Å²) in [6, 6.07) is 8.04. The second-order valence-corrected chi connectivity index (χ2v) is 8.86. The van der Waals surface area contributed by atoms with Crippen molar-refractivity contribution in [2.75, 3.05) is 33.6 Å². The van der Waals surface area contributed by atoms with Gasteiger partial charge < -0.3 is 14.8 Å². The minimum Gasteiger partial charge on any atom is -0.493 e. The Bertz CT molecular complexity index is 1050. The summed E-state index contributed by atoms with van der Waals surface area (Å²) >= 11 is 6.16. The highest BCUT2D eigenvalue weighted by atomic mass is 35.5. The standard InChI is InChI=1S/C20H23ClN2O5S/c1-13-6-8-15(12-18(13)29(25,26)23(2)3)22-19(24)9-7-14-10-16(21)20(28-5)17(11-14)27-4/h6-12H,1-5H3,(H,22,24). The fraction of sp³-hybridized carbons (Fsp3) is 0.250. The van der Waals surface area contributed by atoms with Crippen LogP contribution in [0.1, 0.15) is 11.1 Å². The van der Waals surface area contributed by atoms with E-state index in [1.807, 2.05) is 0 Å². The number of nitrogens with one attached hydrogen (secondary N) is 1. The lowest BCUT2D eigenvalue weighted by Crippen LogP contribution is -2.23. The number of rotatable bonds is 7. The maximum absolute atomic E-state index is 12.4. The molecule has 0 bridgehead atoms. The number of halogens is 1. The predicted molar refractivity (Wildman–Crippen MR) is 114 cm³/mol. The molecule has 0 aliphatic carbocycles. The topological polar surface area (TPSA) is 84.9 Å². The van der Waals surface area contributed by atoms with E-state index in [2.05, 4.69) is 5.32 Å². The van der Waals surface area contributed by atoms with Crippen molar-refractivity contribution in [2.45, 2.75) is 11.8 Å². The molecule has 0 heterocycles. The van der Waals surface area contributed by atoms with Crippen molar-refractivity contribution in [2.24, 2.45) is 0 Å². The van der Waals surface area contributed by atoms with E-state index in [0.717, 1.165) is 4.31 Å². The Hall–Kier alpha value is -2.55. The van der Waals surface area contributed by atoms with Gasteiger partial charge in [-0.2, -0.15) is 0 Å². The Morgan fingerprint density at radius 2 is 1.83 bits per heavy atom. The van der Waals surface area contributed by atoms with Gasteiger partial charge in [-0.15, -0.1) is 0 Å². The van der Waals surface area contributed by atoms with E-state index in [0.29, 0.717) is 33.3 Å². The van der Waals surface area contributed by atoms with Gasteiger partial charge in [-0.05, 0) is 48.4 Å². The number of hydrogen-bond donors (Lipinski definition) is 1. The van der Waals surface area contributed by atoms with Crippen molar-refractivity contribution in [3.63, 3.8) is 0 Å². The van der Waals surface area contributed by atoms with Gasteiger partial charge in [0.15, 0.2) is 11.5 Å². The average molecular weight is 439 g/mol. The number of amides is 1. The normalized spacial score (nSPS) is 11.7. The summed E-state index contributed by atoms with van der Waals surface area (Å²) in [7, 11) is 2.27. The molecule has 0 aliphatic heterocycles. The SMILES string of the molecule is COc1cc(C=CC(=O)Nc2ccc(C)c(S(=O)(=O)N(C)C)c2)cc(Cl)c1OC. The van der Waals surface area contributed by atoms with Gasteiger partial charge in [0.1, 0.15) is 0 Å². The number of benzene rings is 2. The maximum atomic E-state index is 12.4. The number of aryl methyl sites for hydroxylation is 1. The first kappa shape index (κ1) is 22.7. The molecule has 0 spiro atoms. The maximum Gasteiger partial charge on any atom is 0.248 e. The quantitative estimate of drug-likeness (QED) is 0.668. The number of sulfonamides is 1. The van der Waals surface area contributed by atoms with Gasteiger partial charge in [0.25, 0.3) is 0 Å². The van der Waals surface area contributed by atoms with E-state index < -0.39 is 15.9 Å². The van der Waals surface area contributed by atoms with Crippen LogP contribution in [0.25, 0.3) is 6.08 Å². The van der Waals surface area contributed by atoms with Crippen LogP contribution in [0, 0.1) is 6.92 Å². The molecule has 0 atom stereocenters. The van der Waals surface area contributed by atoms with E-state index in [4.69, 9.17) is 21.1 Å². The first-order valence-corrected chi connectivity index (χ1v) is 10.4. The first-order valence-electron chi connectivity index (χ1n) is 8.54. The highest BCUT2D eigenvalue weighted by Gasteiger charge is 2.20. The summed E-state index contributed by atoms with van der Waals surface area (Å²) < 4.78 is 36.4. The lowest BCUT2D eigenvalue weighted by atomic mass is 10.2. The molecular formula is C20H23ClN2O5S. The number of anilines is 1. The molecule has 1 N–H and O–H groups in total. The van der Waals surface area contributed by atoms with E-state index in [9.17, 15) is 13.2 Å². The van der Waals surface area contributed by atoms with Crippen molar-refractivity contribution in [3.8, 4) is 11.5 Å². The van der Waals surface area contributed by atoms with Crippen molar-refractivity contribution >= 4 is 39.3 Å². The zero-order valence-corrected chi connectivity index (χ0v) is 18.4. The van der Waals surface area contributed by atoms with Gasteiger partial charge >= 0.3 is 0 Å². The minimum atomic E-state index is -3.62. The smallest absolute Gasteiger partial charge is 0.248 e. The molecule has 2 aromatic carbocycles. The van der Waals surface area contributed by atoms with Crippen LogP contribution in [0.2, 0.25) is 5.02 Å². The lowest BCUT2D eigenvalue weighted by Gasteiger charge is -2.14. The minimum absolute atomic E-state index is 0.135. The summed E-state index contributed by atoms with van der Waals surface area (Å²) in [5.74, 6) is 0.426. The number of methoxy groups -OCH3 is 2. The summed E-state index contributed by atoms with van der Waals surface area (Å²) in [4.78, 5) is 12.4. The predicted octanol–water partition coefficient (Wildman–Crippen LogP) is 3.57. The number of ether oxygens (including phenoxy) is 2.